The van der Waals surface area contributed by atoms with Crippen LogP contribution in [-0.2, 0) is 11.9 Å². The maximum Gasteiger partial charge on any atom is 0.0932 e. The predicted octanol–water partition coefficient (Wildman–Crippen LogP) is 3.08. The molecule has 0 atom stereocenters. The molecule has 0 unspecified atom stereocenters. The van der Waals surface area contributed by atoms with Crippen molar-refractivity contribution in [2.45, 2.75) is 18.8 Å². The molecular weight excluding hydrogens is 304 g/mol. The Morgan fingerprint density at radius 3 is 2.89 bits per heavy atom. The number of rotatable bonds is 3. The fraction of sp³-hybridized carbons (Fsp3) is 0.214. The largest absolute Gasteiger partial charge is 0.253 e. The second-order valence-electron chi connectivity index (χ2n) is 4.48. The Balaban J connectivity index is 2.04. The van der Waals surface area contributed by atoms with Crippen molar-refractivity contribution in [3.63, 3.8) is 0 Å². The molecular formula is C14H13BrN4. The van der Waals surface area contributed by atoms with Crippen LogP contribution in [0.5, 0.6) is 0 Å². The molecule has 5 heteroatoms. The second-order valence-corrected chi connectivity index (χ2v) is 5.04. The second kappa shape index (κ2) is 5.09. The predicted molar refractivity (Wildman–Crippen MR) is 78.2 cm³/mol. The van der Waals surface area contributed by atoms with E-state index in [1.165, 1.54) is 10.9 Å². The highest BCUT2D eigenvalue weighted by atomic mass is 79.9. The fourth-order valence-corrected chi connectivity index (χ4v) is 2.43. The molecule has 4 nitrogen and oxygen atoms in total. The molecule has 1 aromatic carbocycles. The number of hydrogen-bond donors (Lipinski definition) is 0. The van der Waals surface area contributed by atoms with Gasteiger partial charge in [-0.25, -0.2) is 4.68 Å². The summed E-state index contributed by atoms with van der Waals surface area (Å²) in [6, 6.07) is 10.3. The highest BCUT2D eigenvalue weighted by molar-refractivity contribution is 9.08. The Morgan fingerprint density at radius 2 is 2.11 bits per heavy atom. The lowest BCUT2D eigenvalue weighted by molar-refractivity contribution is 0.651. The lowest BCUT2D eigenvalue weighted by atomic mass is 10.1. The van der Waals surface area contributed by atoms with Crippen LogP contribution >= 0.6 is 15.9 Å². The standard InChI is InChI=1S/C14H13BrN4/c1-10-6-11(8-19-9-12(7-15)17-18-19)13-4-2-3-5-14(13)16-10/h2-6,9H,7-8H2,1H3. The Labute approximate surface area is 119 Å². The molecule has 0 fully saturated rings. The van der Waals surface area contributed by atoms with Gasteiger partial charge in [0.05, 0.1) is 17.8 Å². The third-order valence-corrected chi connectivity index (χ3v) is 3.56. The number of fused-ring (bicyclic) bond motifs is 1. The smallest absolute Gasteiger partial charge is 0.0932 e. The Bertz CT molecular complexity index is 720. The molecule has 0 saturated heterocycles. The van der Waals surface area contributed by atoms with Crippen molar-refractivity contribution >= 4 is 26.8 Å². The first-order valence-corrected chi connectivity index (χ1v) is 7.18. The van der Waals surface area contributed by atoms with Crippen LogP contribution in [0.25, 0.3) is 10.9 Å². The summed E-state index contributed by atoms with van der Waals surface area (Å²) in [6.45, 7) is 2.73. The minimum atomic E-state index is 0.712. The van der Waals surface area contributed by atoms with E-state index in [0.717, 1.165) is 22.2 Å². The van der Waals surface area contributed by atoms with Gasteiger partial charge in [-0.15, -0.1) is 5.10 Å². The van der Waals surface area contributed by atoms with Crippen LogP contribution in [0.15, 0.2) is 36.5 Å². The van der Waals surface area contributed by atoms with Crippen molar-refractivity contribution in [3.8, 4) is 0 Å². The number of benzene rings is 1. The average Bonchev–Trinajstić information content (AvgIpc) is 2.86. The third-order valence-electron chi connectivity index (χ3n) is 2.99. The summed E-state index contributed by atoms with van der Waals surface area (Å²) < 4.78 is 1.86. The van der Waals surface area contributed by atoms with E-state index in [2.05, 4.69) is 43.4 Å². The molecule has 0 saturated carbocycles. The van der Waals surface area contributed by atoms with Crippen molar-refractivity contribution in [1.29, 1.82) is 0 Å². The fourth-order valence-electron chi connectivity index (χ4n) is 2.18. The number of para-hydroxylation sites is 1. The molecule has 0 aliphatic carbocycles. The topological polar surface area (TPSA) is 43.6 Å². The molecule has 0 radical (unpaired) electrons. The molecule has 2 heterocycles. The van der Waals surface area contributed by atoms with Gasteiger partial charge in [0.2, 0.25) is 0 Å². The summed E-state index contributed by atoms with van der Waals surface area (Å²) in [5.41, 5.74) is 4.21. The van der Waals surface area contributed by atoms with E-state index in [1.54, 1.807) is 0 Å². The Morgan fingerprint density at radius 1 is 1.26 bits per heavy atom. The number of aryl methyl sites for hydroxylation is 1. The Kier molecular flexibility index (Phi) is 3.29. The molecule has 0 N–H and O–H groups in total. The van der Waals surface area contributed by atoms with E-state index < -0.39 is 0 Å². The molecule has 0 aliphatic heterocycles. The van der Waals surface area contributed by atoms with Crippen LogP contribution in [-0.4, -0.2) is 20.0 Å². The van der Waals surface area contributed by atoms with Crippen molar-refractivity contribution < 1.29 is 0 Å². The van der Waals surface area contributed by atoms with Gasteiger partial charge in [0.1, 0.15) is 0 Å². The number of hydrogen-bond acceptors (Lipinski definition) is 3. The van der Waals surface area contributed by atoms with Crippen LogP contribution in [0.2, 0.25) is 0 Å². The number of nitrogens with zero attached hydrogens (tertiary/aromatic N) is 4. The molecule has 19 heavy (non-hydrogen) atoms. The van der Waals surface area contributed by atoms with Crippen LogP contribution in [0.3, 0.4) is 0 Å². The van der Waals surface area contributed by atoms with Gasteiger partial charge in [0.25, 0.3) is 0 Å². The maximum absolute atomic E-state index is 4.55. The van der Waals surface area contributed by atoms with E-state index in [-0.39, 0.29) is 0 Å². The summed E-state index contributed by atoms with van der Waals surface area (Å²) in [7, 11) is 0. The van der Waals surface area contributed by atoms with E-state index in [4.69, 9.17) is 0 Å². The number of alkyl halides is 1. The minimum Gasteiger partial charge on any atom is -0.253 e. The van der Waals surface area contributed by atoms with Gasteiger partial charge in [0.15, 0.2) is 0 Å². The quantitative estimate of drug-likeness (QED) is 0.697. The first-order valence-electron chi connectivity index (χ1n) is 6.06. The average molecular weight is 317 g/mol. The van der Waals surface area contributed by atoms with Gasteiger partial charge in [0, 0.05) is 22.6 Å². The van der Waals surface area contributed by atoms with Crippen LogP contribution in [0.4, 0.5) is 0 Å². The van der Waals surface area contributed by atoms with E-state index in [1.807, 2.05) is 36.0 Å². The third kappa shape index (κ3) is 2.51. The van der Waals surface area contributed by atoms with E-state index >= 15 is 0 Å². The van der Waals surface area contributed by atoms with Gasteiger partial charge in [-0.3, -0.25) is 4.98 Å². The van der Waals surface area contributed by atoms with Crippen molar-refractivity contribution in [3.05, 3.63) is 53.5 Å². The monoisotopic (exact) mass is 316 g/mol. The lowest BCUT2D eigenvalue weighted by Gasteiger charge is -2.07. The first-order chi connectivity index (χ1) is 9.26. The van der Waals surface area contributed by atoms with Gasteiger partial charge >= 0.3 is 0 Å². The van der Waals surface area contributed by atoms with Gasteiger partial charge < -0.3 is 0 Å². The summed E-state index contributed by atoms with van der Waals surface area (Å²) in [5.74, 6) is 0. The van der Waals surface area contributed by atoms with Crippen LogP contribution in [0.1, 0.15) is 17.0 Å². The van der Waals surface area contributed by atoms with Gasteiger partial charge in [-0.05, 0) is 24.6 Å². The van der Waals surface area contributed by atoms with Gasteiger partial charge in [-0.1, -0.05) is 39.3 Å². The molecule has 3 aromatic rings. The summed E-state index contributed by atoms with van der Waals surface area (Å²) in [4.78, 5) is 4.55. The SMILES string of the molecule is Cc1cc(Cn2cc(CBr)nn2)c2ccccc2n1. The highest BCUT2D eigenvalue weighted by Gasteiger charge is 2.06. The number of halogens is 1. The van der Waals surface area contributed by atoms with Gasteiger partial charge in [-0.2, -0.15) is 0 Å². The number of aromatic nitrogens is 4. The zero-order valence-corrected chi connectivity index (χ0v) is 12.1. The zero-order chi connectivity index (χ0) is 13.2. The lowest BCUT2D eigenvalue weighted by Crippen LogP contribution is -2.02. The minimum absolute atomic E-state index is 0.712. The van der Waals surface area contributed by atoms with Crippen molar-refractivity contribution in [1.82, 2.24) is 20.0 Å². The van der Waals surface area contributed by atoms with E-state index in [9.17, 15) is 0 Å². The summed E-state index contributed by atoms with van der Waals surface area (Å²) >= 11 is 3.38. The molecule has 3 rings (SSSR count). The molecule has 0 amide bonds. The summed E-state index contributed by atoms with van der Waals surface area (Å²) in [6.07, 6.45) is 1.96. The Hall–Kier alpha value is -1.75. The van der Waals surface area contributed by atoms with E-state index in [0.29, 0.717) is 6.54 Å². The highest BCUT2D eigenvalue weighted by Crippen LogP contribution is 2.19. The van der Waals surface area contributed by atoms with Crippen molar-refractivity contribution in [2.24, 2.45) is 0 Å². The van der Waals surface area contributed by atoms with Crippen LogP contribution in [0, 0.1) is 6.92 Å². The molecule has 0 aliphatic rings. The normalized spacial score (nSPS) is 11.1. The first kappa shape index (κ1) is 12.3. The summed E-state index contributed by atoms with van der Waals surface area (Å²) in [5, 5.41) is 10.1. The number of pyridine rings is 1. The molecule has 0 spiro atoms. The zero-order valence-electron chi connectivity index (χ0n) is 10.5. The maximum atomic E-state index is 4.55. The molecule has 2 aromatic heterocycles. The molecule has 0 bridgehead atoms. The molecule has 96 valence electrons. The van der Waals surface area contributed by atoms with Crippen LogP contribution < -0.4 is 0 Å². The van der Waals surface area contributed by atoms with Crippen molar-refractivity contribution in [2.75, 3.05) is 0 Å².